The molecule has 2 atom stereocenters. The van der Waals surface area contributed by atoms with Gasteiger partial charge in [0.1, 0.15) is 8.07 Å². The molecule has 2 unspecified atom stereocenters. The molecule has 0 nitrogen and oxygen atoms in total. The molecule has 0 saturated carbocycles. The summed E-state index contributed by atoms with van der Waals surface area (Å²) in [6, 6.07) is 0. The summed E-state index contributed by atoms with van der Waals surface area (Å²) in [4.78, 5) is 0. The first-order valence-electron chi connectivity index (χ1n) is 5.28. The SMILES string of the molecule is CC1=CC=CC(C)C1C#C[Si](C)(C)C. The van der Waals surface area contributed by atoms with E-state index in [0.29, 0.717) is 11.8 Å². The van der Waals surface area contributed by atoms with Gasteiger partial charge in [0.25, 0.3) is 0 Å². The summed E-state index contributed by atoms with van der Waals surface area (Å²) < 4.78 is 0. The molecule has 0 aromatic rings. The highest BCUT2D eigenvalue weighted by molar-refractivity contribution is 6.83. The fourth-order valence-electron chi connectivity index (χ4n) is 1.55. The Balaban J connectivity index is 2.82. The second-order valence-electron chi connectivity index (χ2n) is 5.15. The molecular weight excluding hydrogens is 184 g/mol. The van der Waals surface area contributed by atoms with Crippen molar-refractivity contribution in [1.82, 2.24) is 0 Å². The van der Waals surface area contributed by atoms with E-state index in [1.165, 1.54) is 5.57 Å². The van der Waals surface area contributed by atoms with Crippen molar-refractivity contribution in [2.24, 2.45) is 11.8 Å². The minimum absolute atomic E-state index is 0.451. The Morgan fingerprint density at radius 1 is 1.29 bits per heavy atom. The van der Waals surface area contributed by atoms with Gasteiger partial charge < -0.3 is 0 Å². The van der Waals surface area contributed by atoms with E-state index in [9.17, 15) is 0 Å². The average molecular weight is 204 g/mol. The van der Waals surface area contributed by atoms with Gasteiger partial charge in [-0.15, -0.1) is 11.5 Å². The fourth-order valence-corrected chi connectivity index (χ4v) is 2.14. The lowest BCUT2D eigenvalue weighted by atomic mass is 9.85. The fraction of sp³-hybridized carbons (Fsp3) is 0.538. The summed E-state index contributed by atoms with van der Waals surface area (Å²) in [5, 5.41) is 0. The third-order valence-corrected chi connectivity index (χ3v) is 3.29. The minimum Gasteiger partial charge on any atom is -0.131 e. The zero-order valence-electron chi connectivity index (χ0n) is 9.89. The van der Waals surface area contributed by atoms with Gasteiger partial charge in [0.2, 0.25) is 0 Å². The first kappa shape index (κ1) is 11.3. The quantitative estimate of drug-likeness (QED) is 0.417. The van der Waals surface area contributed by atoms with Crippen LogP contribution >= 0.6 is 0 Å². The van der Waals surface area contributed by atoms with Gasteiger partial charge in [0.15, 0.2) is 0 Å². The second-order valence-corrected chi connectivity index (χ2v) is 9.90. The molecule has 0 aromatic carbocycles. The Bertz CT molecular complexity index is 317. The zero-order valence-corrected chi connectivity index (χ0v) is 10.9. The van der Waals surface area contributed by atoms with Crippen LogP contribution in [0.2, 0.25) is 19.6 Å². The third-order valence-electron chi connectivity index (χ3n) is 2.39. The Morgan fingerprint density at radius 2 is 1.93 bits per heavy atom. The maximum atomic E-state index is 3.47. The van der Waals surface area contributed by atoms with E-state index in [2.05, 4.69) is 63.2 Å². The van der Waals surface area contributed by atoms with Crippen molar-refractivity contribution in [2.45, 2.75) is 33.5 Å². The first-order chi connectivity index (χ1) is 6.40. The molecule has 0 fully saturated rings. The highest BCUT2D eigenvalue weighted by Crippen LogP contribution is 2.24. The molecule has 0 aromatic heterocycles. The van der Waals surface area contributed by atoms with Crippen molar-refractivity contribution in [1.29, 1.82) is 0 Å². The van der Waals surface area contributed by atoms with Crippen LogP contribution < -0.4 is 0 Å². The molecule has 0 bridgehead atoms. The lowest BCUT2D eigenvalue weighted by Crippen LogP contribution is -2.19. The largest absolute Gasteiger partial charge is 0.131 e. The van der Waals surface area contributed by atoms with Crippen LogP contribution in [0.3, 0.4) is 0 Å². The van der Waals surface area contributed by atoms with Crippen molar-refractivity contribution in [3.05, 3.63) is 23.8 Å². The smallest absolute Gasteiger partial charge is 0.129 e. The van der Waals surface area contributed by atoms with Gasteiger partial charge in [-0.2, -0.15) is 0 Å². The van der Waals surface area contributed by atoms with Crippen molar-refractivity contribution < 1.29 is 0 Å². The summed E-state index contributed by atoms with van der Waals surface area (Å²) in [5.41, 5.74) is 4.87. The van der Waals surface area contributed by atoms with E-state index >= 15 is 0 Å². The molecule has 76 valence electrons. The maximum Gasteiger partial charge on any atom is 0.129 e. The van der Waals surface area contributed by atoms with E-state index in [-0.39, 0.29) is 0 Å². The highest BCUT2D eigenvalue weighted by atomic mass is 28.3. The van der Waals surface area contributed by atoms with Crippen LogP contribution in [0.15, 0.2) is 23.8 Å². The molecule has 0 saturated heterocycles. The number of allylic oxidation sites excluding steroid dienone is 4. The lowest BCUT2D eigenvalue weighted by Gasteiger charge is -2.20. The third kappa shape index (κ3) is 3.19. The van der Waals surface area contributed by atoms with Crippen molar-refractivity contribution in [3.63, 3.8) is 0 Å². The monoisotopic (exact) mass is 204 g/mol. The summed E-state index contributed by atoms with van der Waals surface area (Å²) in [6.45, 7) is 11.3. The molecule has 0 spiro atoms. The van der Waals surface area contributed by atoms with Crippen molar-refractivity contribution in [3.8, 4) is 11.5 Å². The van der Waals surface area contributed by atoms with Gasteiger partial charge >= 0.3 is 0 Å². The molecule has 1 heteroatoms. The van der Waals surface area contributed by atoms with Gasteiger partial charge in [-0.25, -0.2) is 0 Å². The Labute approximate surface area is 89.1 Å². The second kappa shape index (κ2) is 4.19. The molecule has 0 amide bonds. The lowest BCUT2D eigenvalue weighted by molar-refractivity contribution is 0.592. The van der Waals surface area contributed by atoms with Gasteiger partial charge in [0.05, 0.1) is 0 Å². The predicted molar refractivity (Wildman–Crippen MR) is 66.7 cm³/mol. The van der Waals surface area contributed by atoms with Crippen LogP contribution in [-0.4, -0.2) is 8.07 Å². The number of hydrogen-bond acceptors (Lipinski definition) is 0. The summed E-state index contributed by atoms with van der Waals surface area (Å²) >= 11 is 0. The molecule has 14 heavy (non-hydrogen) atoms. The van der Waals surface area contributed by atoms with Gasteiger partial charge in [-0.1, -0.05) is 50.4 Å². The van der Waals surface area contributed by atoms with Crippen LogP contribution in [0.5, 0.6) is 0 Å². The van der Waals surface area contributed by atoms with E-state index in [0.717, 1.165) is 0 Å². The molecule has 1 rings (SSSR count). The number of hydrogen-bond donors (Lipinski definition) is 0. The van der Waals surface area contributed by atoms with Crippen LogP contribution in [0, 0.1) is 23.3 Å². The van der Waals surface area contributed by atoms with Crippen LogP contribution in [0.1, 0.15) is 13.8 Å². The van der Waals surface area contributed by atoms with E-state index in [1.807, 2.05) is 0 Å². The predicted octanol–water partition coefficient (Wildman–Crippen LogP) is 3.64. The summed E-state index contributed by atoms with van der Waals surface area (Å²) in [6.07, 6.45) is 6.58. The Kier molecular flexibility index (Phi) is 3.39. The molecule has 0 N–H and O–H groups in total. The van der Waals surface area contributed by atoms with Crippen LogP contribution in [0.4, 0.5) is 0 Å². The summed E-state index contributed by atoms with van der Waals surface area (Å²) in [5.74, 6) is 4.48. The minimum atomic E-state index is -1.21. The van der Waals surface area contributed by atoms with Gasteiger partial charge in [0, 0.05) is 5.92 Å². The molecule has 0 heterocycles. The summed E-state index contributed by atoms with van der Waals surface area (Å²) in [7, 11) is -1.21. The van der Waals surface area contributed by atoms with Gasteiger partial charge in [-0.05, 0) is 12.8 Å². The normalized spacial score (nSPS) is 26.5. The molecule has 0 radical (unpaired) electrons. The first-order valence-corrected chi connectivity index (χ1v) is 8.78. The standard InChI is InChI=1S/C13H20Si/c1-11-7-6-8-12(2)13(11)9-10-14(3,4)5/h6-8,11,13H,1-5H3. The van der Waals surface area contributed by atoms with Gasteiger partial charge in [-0.3, -0.25) is 0 Å². The molecule has 1 aliphatic carbocycles. The average Bonchev–Trinajstić information content (AvgIpc) is 2.01. The van der Waals surface area contributed by atoms with Crippen LogP contribution in [-0.2, 0) is 0 Å². The van der Waals surface area contributed by atoms with Crippen molar-refractivity contribution >= 4 is 8.07 Å². The van der Waals surface area contributed by atoms with E-state index in [4.69, 9.17) is 0 Å². The van der Waals surface area contributed by atoms with Crippen molar-refractivity contribution in [2.75, 3.05) is 0 Å². The Hall–Kier alpha value is -0.743. The Morgan fingerprint density at radius 3 is 2.43 bits per heavy atom. The molecule has 0 aliphatic heterocycles. The van der Waals surface area contributed by atoms with E-state index < -0.39 is 8.07 Å². The molecular formula is C13H20Si. The highest BCUT2D eigenvalue weighted by Gasteiger charge is 2.17. The van der Waals surface area contributed by atoms with Crippen LogP contribution in [0.25, 0.3) is 0 Å². The number of rotatable bonds is 0. The maximum absolute atomic E-state index is 3.47. The van der Waals surface area contributed by atoms with E-state index in [1.54, 1.807) is 0 Å². The topological polar surface area (TPSA) is 0 Å². The zero-order chi connectivity index (χ0) is 10.8. The molecule has 1 aliphatic rings.